The first-order valence-electron chi connectivity index (χ1n) is 8.44. The van der Waals surface area contributed by atoms with Gasteiger partial charge in [-0.3, -0.25) is 0 Å². The van der Waals surface area contributed by atoms with E-state index in [-0.39, 0.29) is 0 Å². The van der Waals surface area contributed by atoms with Crippen LogP contribution in [-0.4, -0.2) is 25.1 Å². The van der Waals surface area contributed by atoms with Gasteiger partial charge in [-0.15, -0.1) is 5.10 Å². The molecule has 0 fully saturated rings. The Morgan fingerprint density at radius 2 is 2.04 bits per heavy atom. The smallest absolute Gasteiger partial charge is 0.180 e. The molecule has 0 amide bonds. The molecule has 0 aliphatic heterocycles. The number of hydrogen-bond acceptors (Lipinski definition) is 6. The maximum atomic E-state index is 8.58. The number of benzene rings is 2. The summed E-state index contributed by atoms with van der Waals surface area (Å²) in [6, 6.07) is 17.6. The number of thioether (sulfide) groups is 1. The Balaban J connectivity index is 1.93. The van der Waals surface area contributed by atoms with E-state index in [2.05, 4.69) is 16.3 Å². The number of ether oxygens (including phenoxy) is 2. The lowest BCUT2D eigenvalue weighted by molar-refractivity contribution is 0.291. The van der Waals surface area contributed by atoms with Crippen molar-refractivity contribution >= 4 is 23.1 Å². The minimum absolute atomic E-state index is 0.400. The molecule has 2 aromatic carbocycles. The first-order valence-corrected chi connectivity index (χ1v) is 9.42. The van der Waals surface area contributed by atoms with Gasteiger partial charge in [-0.2, -0.15) is 10.4 Å². The van der Waals surface area contributed by atoms with Gasteiger partial charge >= 0.3 is 0 Å². The fraction of sp³-hybridized carbons (Fsp3) is 0.250. The molecule has 6 nitrogen and oxygen atoms in total. The first kappa shape index (κ1) is 20.3. The van der Waals surface area contributed by atoms with Crippen LogP contribution >= 0.6 is 11.8 Å². The quantitative estimate of drug-likeness (QED) is 0.307. The highest BCUT2D eigenvalue weighted by molar-refractivity contribution is 8.13. The molecule has 0 saturated heterocycles. The molecule has 0 bridgehead atoms. The van der Waals surface area contributed by atoms with Crippen LogP contribution < -0.4 is 15.2 Å². The second-order valence-electron chi connectivity index (χ2n) is 5.48. The van der Waals surface area contributed by atoms with Crippen molar-refractivity contribution in [2.75, 3.05) is 13.7 Å². The lowest BCUT2D eigenvalue weighted by Gasteiger charge is -2.10. The number of nitrogens with two attached hydrogens (primary N) is 1. The second kappa shape index (κ2) is 11.6. The molecule has 0 saturated carbocycles. The largest absolute Gasteiger partial charge is 0.493 e. The lowest BCUT2D eigenvalue weighted by atomic mass is 10.2. The third-order valence-corrected chi connectivity index (χ3v) is 4.33. The van der Waals surface area contributed by atoms with Gasteiger partial charge in [0.15, 0.2) is 16.7 Å². The highest BCUT2D eigenvalue weighted by Crippen LogP contribution is 2.27. The molecule has 0 aliphatic rings. The zero-order valence-electron chi connectivity index (χ0n) is 15.2. The summed E-state index contributed by atoms with van der Waals surface area (Å²) in [4.78, 5) is 0. The molecule has 2 aromatic rings. The number of hydrogen-bond donors (Lipinski definition) is 1. The monoisotopic (exact) mass is 382 g/mol. The molecule has 140 valence electrons. The Morgan fingerprint density at radius 1 is 1.22 bits per heavy atom. The number of methoxy groups -OCH3 is 1. The number of nitriles is 1. The number of amidine groups is 1. The van der Waals surface area contributed by atoms with Gasteiger partial charge < -0.3 is 15.2 Å². The van der Waals surface area contributed by atoms with Crippen LogP contribution in [0.3, 0.4) is 0 Å². The van der Waals surface area contributed by atoms with Gasteiger partial charge in [0.2, 0.25) is 0 Å². The van der Waals surface area contributed by atoms with Crippen molar-refractivity contribution in [3.8, 4) is 17.6 Å². The van der Waals surface area contributed by atoms with Gasteiger partial charge in [-0.05, 0) is 35.7 Å². The molecule has 0 aliphatic carbocycles. The summed E-state index contributed by atoms with van der Waals surface area (Å²) >= 11 is 1.43. The maximum absolute atomic E-state index is 8.58. The van der Waals surface area contributed by atoms with E-state index in [0.29, 0.717) is 36.1 Å². The Hall–Kier alpha value is -2.98. The molecule has 0 unspecified atom stereocenters. The molecule has 0 heterocycles. The van der Waals surface area contributed by atoms with Crippen molar-refractivity contribution < 1.29 is 9.47 Å². The first-order chi connectivity index (χ1) is 13.2. The Bertz CT molecular complexity index is 816. The third kappa shape index (κ3) is 7.42. The van der Waals surface area contributed by atoms with Gasteiger partial charge in [-0.25, -0.2) is 0 Å². The van der Waals surface area contributed by atoms with Gasteiger partial charge in [0.05, 0.1) is 26.0 Å². The van der Waals surface area contributed by atoms with Crippen LogP contribution in [0, 0.1) is 11.3 Å². The van der Waals surface area contributed by atoms with Crippen molar-refractivity contribution in [2.45, 2.75) is 18.6 Å². The maximum Gasteiger partial charge on any atom is 0.180 e. The standard InChI is InChI=1S/C20H22N4O2S/c1-25-18-10-9-17(13-19(18)26-12-6-5-11-21)14-23-24-20(22)27-15-16-7-3-2-4-8-16/h2-4,7-10,13-14H,5-6,12,15H2,1H3,(H2,22,24). The molecule has 0 atom stereocenters. The Labute approximate surface area is 163 Å². The summed E-state index contributed by atoms with van der Waals surface area (Å²) in [7, 11) is 1.58. The van der Waals surface area contributed by atoms with Crippen LogP contribution in [0.1, 0.15) is 24.0 Å². The summed E-state index contributed by atoms with van der Waals surface area (Å²) < 4.78 is 11.0. The van der Waals surface area contributed by atoms with Gasteiger partial charge in [-0.1, -0.05) is 42.1 Å². The van der Waals surface area contributed by atoms with Crippen LogP contribution in [0.15, 0.2) is 58.7 Å². The van der Waals surface area contributed by atoms with Crippen molar-refractivity contribution in [1.29, 1.82) is 5.26 Å². The SMILES string of the molecule is COc1ccc(C=NN=C(N)SCc2ccccc2)cc1OCCCC#N. The van der Waals surface area contributed by atoms with Crippen LogP contribution in [0.5, 0.6) is 11.5 Å². The third-order valence-electron chi connectivity index (χ3n) is 3.47. The topological polar surface area (TPSA) is 93.0 Å². The van der Waals surface area contributed by atoms with Crippen LogP contribution in [-0.2, 0) is 5.75 Å². The average Bonchev–Trinajstić information content (AvgIpc) is 2.70. The molecule has 0 spiro atoms. The van der Waals surface area contributed by atoms with Crippen LogP contribution in [0.4, 0.5) is 0 Å². The molecule has 7 heteroatoms. The second-order valence-corrected chi connectivity index (χ2v) is 6.47. The zero-order chi connectivity index (χ0) is 19.3. The number of unbranched alkanes of at least 4 members (excludes halogenated alkanes) is 1. The van der Waals surface area contributed by atoms with E-state index in [1.807, 2.05) is 42.5 Å². The molecular weight excluding hydrogens is 360 g/mol. The van der Waals surface area contributed by atoms with Crippen molar-refractivity contribution in [2.24, 2.45) is 15.9 Å². The fourth-order valence-corrected chi connectivity index (χ4v) is 2.74. The number of rotatable bonds is 9. The predicted molar refractivity (Wildman–Crippen MR) is 110 cm³/mol. The Morgan fingerprint density at radius 3 is 2.78 bits per heavy atom. The van der Waals surface area contributed by atoms with Crippen molar-refractivity contribution in [3.63, 3.8) is 0 Å². The molecule has 2 rings (SSSR count). The van der Waals surface area contributed by atoms with Crippen molar-refractivity contribution in [3.05, 3.63) is 59.7 Å². The summed E-state index contributed by atoms with van der Waals surface area (Å²) in [5, 5.41) is 17.0. The average molecular weight is 382 g/mol. The lowest BCUT2D eigenvalue weighted by Crippen LogP contribution is -2.06. The van der Waals surface area contributed by atoms with E-state index in [9.17, 15) is 0 Å². The number of nitrogens with zero attached hydrogens (tertiary/aromatic N) is 3. The zero-order valence-corrected chi connectivity index (χ0v) is 16.0. The van der Waals surface area contributed by atoms with E-state index in [1.54, 1.807) is 19.4 Å². The van der Waals surface area contributed by atoms with Crippen molar-refractivity contribution in [1.82, 2.24) is 0 Å². The van der Waals surface area contributed by atoms with Gasteiger partial charge in [0.25, 0.3) is 0 Å². The van der Waals surface area contributed by atoms with Gasteiger partial charge in [0.1, 0.15) is 0 Å². The van der Waals surface area contributed by atoms with Crippen LogP contribution in [0.25, 0.3) is 0 Å². The minimum Gasteiger partial charge on any atom is -0.493 e. The predicted octanol–water partition coefficient (Wildman–Crippen LogP) is 3.96. The summed E-state index contributed by atoms with van der Waals surface area (Å²) in [5.41, 5.74) is 7.88. The van der Waals surface area contributed by atoms with E-state index in [4.69, 9.17) is 20.5 Å². The van der Waals surface area contributed by atoms with E-state index >= 15 is 0 Å². The molecule has 27 heavy (non-hydrogen) atoms. The fourth-order valence-electron chi connectivity index (χ4n) is 2.13. The highest BCUT2D eigenvalue weighted by atomic mass is 32.2. The highest BCUT2D eigenvalue weighted by Gasteiger charge is 2.05. The summed E-state index contributed by atoms with van der Waals surface area (Å²) in [6.07, 6.45) is 2.73. The Kier molecular flexibility index (Phi) is 8.74. The molecule has 0 aromatic heterocycles. The summed E-state index contributed by atoms with van der Waals surface area (Å²) in [6.45, 7) is 0.450. The minimum atomic E-state index is 0.400. The van der Waals surface area contributed by atoms with E-state index < -0.39 is 0 Å². The van der Waals surface area contributed by atoms with Gasteiger partial charge in [0, 0.05) is 12.2 Å². The normalized spacial score (nSPS) is 11.3. The molecule has 0 radical (unpaired) electrons. The molecule has 2 N–H and O–H groups in total. The molecular formula is C20H22N4O2S. The van der Waals surface area contributed by atoms with Crippen LogP contribution in [0.2, 0.25) is 0 Å². The summed E-state index contributed by atoms with van der Waals surface area (Å²) in [5.74, 6) is 1.98. The van der Waals surface area contributed by atoms with E-state index in [1.165, 1.54) is 17.3 Å². The van der Waals surface area contributed by atoms with E-state index in [0.717, 1.165) is 11.3 Å².